The van der Waals surface area contributed by atoms with Gasteiger partial charge in [-0.2, -0.15) is 19.9 Å². The molecule has 0 atom stereocenters. The van der Waals surface area contributed by atoms with Gasteiger partial charge in [-0.3, -0.25) is 0 Å². The second-order valence-corrected chi connectivity index (χ2v) is 6.06. The first-order chi connectivity index (χ1) is 12.6. The predicted octanol–water partition coefficient (Wildman–Crippen LogP) is 4.00. The van der Waals surface area contributed by atoms with E-state index in [2.05, 4.69) is 16.2 Å². The molecule has 6 nitrogen and oxygen atoms in total. The molecular formula is C19H11ClN4O2. The van der Waals surface area contributed by atoms with Crippen molar-refractivity contribution in [1.29, 1.82) is 5.26 Å². The highest BCUT2D eigenvalue weighted by atomic mass is 35.5. The summed E-state index contributed by atoms with van der Waals surface area (Å²) in [6, 6.07) is 17.2. The lowest BCUT2D eigenvalue weighted by Gasteiger charge is -2.04. The highest BCUT2D eigenvalue weighted by Gasteiger charge is 2.20. The number of nitrogens with zero attached hydrogens (tertiary/aromatic N) is 4. The third-order valence-corrected chi connectivity index (χ3v) is 4.23. The molecule has 26 heavy (non-hydrogen) atoms. The molecule has 126 valence electrons. The lowest BCUT2D eigenvalue weighted by atomic mass is 10.0. The number of fused-ring (bicyclic) bond motifs is 1. The second-order valence-electron chi connectivity index (χ2n) is 5.63. The van der Waals surface area contributed by atoms with Gasteiger partial charge in [0.2, 0.25) is 11.8 Å². The maximum Gasteiger partial charge on any atom is 0.219 e. The van der Waals surface area contributed by atoms with Gasteiger partial charge >= 0.3 is 0 Å². The van der Waals surface area contributed by atoms with E-state index in [1.54, 1.807) is 36.4 Å². The van der Waals surface area contributed by atoms with Gasteiger partial charge in [0.05, 0.1) is 23.3 Å². The number of benzene rings is 2. The zero-order chi connectivity index (χ0) is 18.3. The fraction of sp³-hybridized carbons (Fsp3) is 0. The van der Waals surface area contributed by atoms with Crippen molar-refractivity contribution in [3.8, 4) is 40.2 Å². The number of nitriles is 1. The molecule has 0 fully saturated rings. The number of halogens is 1. The summed E-state index contributed by atoms with van der Waals surface area (Å²) in [7, 11) is 0. The van der Waals surface area contributed by atoms with Gasteiger partial charge in [0.25, 0.3) is 0 Å². The quantitative estimate of drug-likeness (QED) is 0.562. The summed E-state index contributed by atoms with van der Waals surface area (Å²) < 4.78 is 1.26. The van der Waals surface area contributed by atoms with Crippen molar-refractivity contribution in [2.45, 2.75) is 0 Å². The van der Waals surface area contributed by atoms with Crippen LogP contribution in [0.2, 0.25) is 5.02 Å². The molecule has 0 amide bonds. The molecule has 2 aromatic heterocycles. The monoisotopic (exact) mass is 362 g/mol. The van der Waals surface area contributed by atoms with E-state index in [1.807, 2.05) is 12.1 Å². The minimum atomic E-state index is -0.309. The van der Waals surface area contributed by atoms with E-state index in [4.69, 9.17) is 16.9 Å². The van der Waals surface area contributed by atoms with Crippen LogP contribution in [0, 0.1) is 11.3 Å². The van der Waals surface area contributed by atoms with Gasteiger partial charge in [-0.15, -0.1) is 0 Å². The molecule has 2 aromatic carbocycles. The van der Waals surface area contributed by atoms with Crippen molar-refractivity contribution in [3.63, 3.8) is 0 Å². The van der Waals surface area contributed by atoms with Crippen LogP contribution in [-0.4, -0.2) is 24.8 Å². The van der Waals surface area contributed by atoms with Crippen molar-refractivity contribution < 1.29 is 10.2 Å². The fourth-order valence-electron chi connectivity index (χ4n) is 2.78. The zero-order valence-electron chi connectivity index (χ0n) is 13.3. The van der Waals surface area contributed by atoms with Crippen molar-refractivity contribution >= 4 is 17.2 Å². The largest absolute Gasteiger partial charge is 0.493 e. The summed E-state index contributed by atoms with van der Waals surface area (Å²) in [5.74, 6) is -0.542. The Bertz CT molecular complexity index is 1160. The molecule has 0 aliphatic carbocycles. The highest BCUT2D eigenvalue weighted by Crippen LogP contribution is 2.37. The molecule has 2 N–H and O–H groups in total. The first kappa shape index (κ1) is 15.9. The topological polar surface area (TPSA) is 94.4 Å². The minimum absolute atomic E-state index is 0.234. The van der Waals surface area contributed by atoms with Crippen LogP contribution >= 0.6 is 11.6 Å². The fourth-order valence-corrected chi connectivity index (χ4v) is 2.90. The number of hydrogen-bond acceptors (Lipinski definition) is 5. The molecule has 0 saturated carbocycles. The van der Waals surface area contributed by atoms with Gasteiger partial charge in [-0.1, -0.05) is 35.9 Å². The van der Waals surface area contributed by atoms with E-state index < -0.39 is 0 Å². The van der Waals surface area contributed by atoms with E-state index in [0.717, 1.165) is 17.2 Å². The van der Waals surface area contributed by atoms with Crippen molar-refractivity contribution in [1.82, 2.24) is 14.6 Å². The van der Waals surface area contributed by atoms with E-state index in [1.165, 1.54) is 4.52 Å². The average Bonchev–Trinajstić information content (AvgIpc) is 3.02. The van der Waals surface area contributed by atoms with Gasteiger partial charge in [-0.05, 0) is 29.8 Å². The Morgan fingerprint density at radius 2 is 1.62 bits per heavy atom. The summed E-state index contributed by atoms with van der Waals surface area (Å²) in [4.78, 5) is 4.13. The predicted molar refractivity (Wildman–Crippen MR) is 96.9 cm³/mol. The molecule has 0 bridgehead atoms. The Morgan fingerprint density at radius 3 is 2.27 bits per heavy atom. The first-order valence-corrected chi connectivity index (χ1v) is 8.03. The third kappa shape index (κ3) is 2.61. The van der Waals surface area contributed by atoms with Crippen LogP contribution in [0.3, 0.4) is 0 Å². The van der Waals surface area contributed by atoms with E-state index in [0.29, 0.717) is 27.5 Å². The summed E-state index contributed by atoms with van der Waals surface area (Å²) >= 11 is 5.98. The molecular weight excluding hydrogens is 352 g/mol. The Balaban J connectivity index is 2.05. The Labute approximate surface area is 153 Å². The van der Waals surface area contributed by atoms with Crippen LogP contribution in [0.5, 0.6) is 11.8 Å². The van der Waals surface area contributed by atoms with Gasteiger partial charge in [0.15, 0.2) is 5.65 Å². The smallest absolute Gasteiger partial charge is 0.219 e. The first-order valence-electron chi connectivity index (χ1n) is 7.65. The normalized spacial score (nSPS) is 10.8. The number of hydrogen-bond donors (Lipinski definition) is 2. The summed E-state index contributed by atoms with van der Waals surface area (Å²) in [6.45, 7) is 0. The molecule has 0 aliphatic heterocycles. The number of aromatic hydroxyl groups is 2. The number of rotatable bonds is 2. The van der Waals surface area contributed by atoms with Gasteiger partial charge in [0, 0.05) is 10.6 Å². The van der Waals surface area contributed by atoms with Crippen LogP contribution in [0.4, 0.5) is 0 Å². The van der Waals surface area contributed by atoms with Gasteiger partial charge in [-0.25, -0.2) is 0 Å². The summed E-state index contributed by atoms with van der Waals surface area (Å²) in [5.41, 5.74) is 3.57. The van der Waals surface area contributed by atoms with Crippen molar-refractivity contribution in [2.24, 2.45) is 0 Å². The minimum Gasteiger partial charge on any atom is -0.493 e. The van der Waals surface area contributed by atoms with Crippen LogP contribution in [-0.2, 0) is 0 Å². The number of aromatic nitrogens is 3. The third-order valence-electron chi connectivity index (χ3n) is 3.98. The van der Waals surface area contributed by atoms with Gasteiger partial charge < -0.3 is 10.2 Å². The molecule has 0 radical (unpaired) electrons. The average molecular weight is 363 g/mol. The summed E-state index contributed by atoms with van der Waals surface area (Å²) in [5, 5.41) is 34.0. The maximum atomic E-state index is 10.1. The maximum absolute atomic E-state index is 10.1. The van der Waals surface area contributed by atoms with Crippen molar-refractivity contribution in [3.05, 3.63) is 65.2 Å². The van der Waals surface area contributed by atoms with E-state index >= 15 is 0 Å². The Hall–Kier alpha value is -3.56. The molecule has 7 heteroatoms. The summed E-state index contributed by atoms with van der Waals surface area (Å²) in [6.07, 6.45) is 0. The SMILES string of the molecule is N#Cc1ccc(-c2nn3c(O)cc(O)nc3c2-c2ccc(Cl)cc2)cc1. The molecule has 0 saturated heterocycles. The standard InChI is InChI=1S/C19H11ClN4O2/c20-14-7-5-12(6-8-14)17-18(13-3-1-11(10-21)2-4-13)23-24-16(26)9-15(25)22-19(17)24/h1-9,26H,(H,22,25). The molecule has 2 heterocycles. The molecule has 0 unspecified atom stereocenters. The van der Waals surface area contributed by atoms with E-state index in [9.17, 15) is 10.2 Å². The molecule has 4 rings (SSSR count). The van der Waals surface area contributed by atoms with Crippen LogP contribution in [0.1, 0.15) is 5.56 Å². The lowest BCUT2D eigenvalue weighted by molar-refractivity contribution is 0.413. The molecule has 4 aromatic rings. The Kier molecular flexibility index (Phi) is 3.72. The highest BCUT2D eigenvalue weighted by molar-refractivity contribution is 6.30. The van der Waals surface area contributed by atoms with E-state index in [-0.39, 0.29) is 11.8 Å². The van der Waals surface area contributed by atoms with Gasteiger partial charge in [0.1, 0.15) is 5.69 Å². The zero-order valence-corrected chi connectivity index (χ0v) is 14.0. The van der Waals surface area contributed by atoms with Crippen LogP contribution in [0.25, 0.3) is 28.0 Å². The van der Waals surface area contributed by atoms with Crippen molar-refractivity contribution in [2.75, 3.05) is 0 Å². The second kappa shape index (κ2) is 6.06. The molecule has 0 spiro atoms. The van der Waals surface area contributed by atoms with Crippen LogP contribution in [0.15, 0.2) is 54.6 Å². The Morgan fingerprint density at radius 1 is 0.962 bits per heavy atom. The van der Waals surface area contributed by atoms with Crippen LogP contribution < -0.4 is 0 Å². The molecule has 0 aliphatic rings. The lowest BCUT2D eigenvalue weighted by Crippen LogP contribution is -1.91.